The van der Waals surface area contributed by atoms with Gasteiger partial charge in [0.15, 0.2) is 0 Å². The van der Waals surface area contributed by atoms with Gasteiger partial charge in [-0.1, -0.05) is 0 Å². The van der Waals surface area contributed by atoms with Crippen LogP contribution in [0, 0.1) is 13.8 Å². The number of hydrogen-bond donors (Lipinski definition) is 3. The van der Waals surface area contributed by atoms with Crippen LogP contribution in [0.15, 0.2) is 28.1 Å². The molecule has 3 heterocycles. The fourth-order valence-corrected chi connectivity index (χ4v) is 4.20. The Kier molecular flexibility index (Phi) is 5.09. The number of aromatic nitrogens is 1. The number of amides is 1. The number of ether oxygens (including phenoxy) is 1. The van der Waals surface area contributed by atoms with E-state index in [0.29, 0.717) is 47.6 Å². The third-order valence-electron chi connectivity index (χ3n) is 5.20. The molecule has 0 radical (unpaired) electrons. The van der Waals surface area contributed by atoms with Crippen LogP contribution in [0.2, 0.25) is 0 Å². The number of aliphatic hydroxyl groups is 1. The molecule has 3 aromatic rings. The smallest absolute Gasteiger partial charge is 0.256 e. The van der Waals surface area contributed by atoms with Gasteiger partial charge in [-0.25, -0.2) is 4.98 Å². The summed E-state index contributed by atoms with van der Waals surface area (Å²) in [5.41, 5.74) is 3.24. The molecule has 0 spiro atoms. The van der Waals surface area contributed by atoms with E-state index in [1.54, 1.807) is 23.8 Å². The zero-order valence-corrected chi connectivity index (χ0v) is 16.7. The number of benzene rings is 1. The zero-order valence-electron chi connectivity index (χ0n) is 15.9. The number of rotatable bonds is 6. The largest absolute Gasteiger partial charge is 0.488 e. The van der Waals surface area contributed by atoms with Crippen LogP contribution in [0.5, 0.6) is 5.75 Å². The number of carbonyl (C=O) groups is 1. The highest BCUT2D eigenvalue weighted by atomic mass is 32.1. The Balaban J connectivity index is 1.60. The molecule has 7 nitrogen and oxygen atoms in total. The highest BCUT2D eigenvalue weighted by Gasteiger charge is 2.36. The van der Waals surface area contributed by atoms with E-state index < -0.39 is 5.54 Å². The highest BCUT2D eigenvalue weighted by molar-refractivity contribution is 7.09. The molecule has 2 aromatic heterocycles. The molecule has 3 N–H and O–H groups in total. The second-order valence-corrected chi connectivity index (χ2v) is 8.10. The van der Waals surface area contributed by atoms with E-state index >= 15 is 0 Å². The van der Waals surface area contributed by atoms with Crippen molar-refractivity contribution in [2.24, 2.45) is 0 Å². The Morgan fingerprint density at radius 3 is 3.00 bits per heavy atom. The summed E-state index contributed by atoms with van der Waals surface area (Å²) in [5, 5.41) is 16.7. The Morgan fingerprint density at radius 2 is 2.32 bits per heavy atom. The minimum atomic E-state index is -0.634. The van der Waals surface area contributed by atoms with Crippen LogP contribution in [0.25, 0.3) is 11.0 Å². The van der Waals surface area contributed by atoms with Crippen LogP contribution in [-0.2, 0) is 6.61 Å². The Bertz CT molecular complexity index is 1000. The quantitative estimate of drug-likeness (QED) is 0.587. The molecule has 28 heavy (non-hydrogen) atoms. The van der Waals surface area contributed by atoms with Crippen LogP contribution in [-0.4, -0.2) is 41.2 Å². The maximum absolute atomic E-state index is 13.0. The summed E-state index contributed by atoms with van der Waals surface area (Å²) in [6.45, 7) is 5.36. The molecule has 0 aliphatic carbocycles. The molecule has 1 amide bonds. The summed E-state index contributed by atoms with van der Waals surface area (Å²) in [6.07, 6.45) is 0.687. The third-order valence-corrected chi connectivity index (χ3v) is 6.11. The van der Waals surface area contributed by atoms with E-state index in [1.807, 2.05) is 25.1 Å². The number of aryl methyl sites for hydroxylation is 2. The molecule has 0 saturated carbocycles. The minimum absolute atomic E-state index is 0.108. The van der Waals surface area contributed by atoms with Gasteiger partial charge in [0.2, 0.25) is 0 Å². The number of furan rings is 1. The highest BCUT2D eigenvalue weighted by Crippen LogP contribution is 2.30. The van der Waals surface area contributed by atoms with E-state index in [4.69, 9.17) is 9.15 Å². The minimum Gasteiger partial charge on any atom is -0.488 e. The molecule has 148 valence electrons. The first kappa shape index (κ1) is 18.9. The van der Waals surface area contributed by atoms with E-state index in [-0.39, 0.29) is 12.5 Å². The SMILES string of the molecule is Cc1ncsc1COc1ccc2oc(C)c(C(=O)NC3(CO)CCNC3)c2c1. The summed E-state index contributed by atoms with van der Waals surface area (Å²) in [5.74, 6) is 0.959. The number of fused-ring (bicyclic) bond motifs is 1. The van der Waals surface area contributed by atoms with Crippen LogP contribution in [0.4, 0.5) is 0 Å². The average Bonchev–Trinajstić information content (AvgIpc) is 3.38. The lowest BCUT2D eigenvalue weighted by molar-refractivity contribution is 0.0852. The summed E-state index contributed by atoms with van der Waals surface area (Å²) >= 11 is 1.56. The first-order valence-electron chi connectivity index (χ1n) is 9.20. The third kappa shape index (κ3) is 3.50. The van der Waals surface area contributed by atoms with Gasteiger partial charge in [0.1, 0.15) is 23.7 Å². The van der Waals surface area contributed by atoms with Crippen molar-refractivity contribution in [3.63, 3.8) is 0 Å². The van der Waals surface area contributed by atoms with Crippen molar-refractivity contribution >= 4 is 28.2 Å². The molecule has 8 heteroatoms. The first-order valence-corrected chi connectivity index (χ1v) is 10.1. The number of thiazole rings is 1. The van der Waals surface area contributed by atoms with Gasteiger partial charge in [-0.05, 0) is 45.0 Å². The van der Waals surface area contributed by atoms with Crippen molar-refractivity contribution < 1.29 is 19.1 Å². The maximum atomic E-state index is 13.0. The molecule has 1 aliphatic heterocycles. The van der Waals surface area contributed by atoms with Crippen molar-refractivity contribution in [1.29, 1.82) is 0 Å². The fourth-order valence-electron chi connectivity index (χ4n) is 3.51. The Morgan fingerprint density at radius 1 is 1.46 bits per heavy atom. The van der Waals surface area contributed by atoms with Crippen LogP contribution >= 0.6 is 11.3 Å². The van der Waals surface area contributed by atoms with Crippen molar-refractivity contribution in [1.82, 2.24) is 15.6 Å². The molecule has 1 aromatic carbocycles. The zero-order chi connectivity index (χ0) is 19.7. The van der Waals surface area contributed by atoms with Crippen LogP contribution in [0.1, 0.15) is 33.1 Å². The Labute approximate surface area is 166 Å². The summed E-state index contributed by atoms with van der Waals surface area (Å²) in [7, 11) is 0. The van der Waals surface area contributed by atoms with Gasteiger partial charge < -0.3 is 24.9 Å². The molecule has 1 saturated heterocycles. The first-order chi connectivity index (χ1) is 13.5. The lowest BCUT2D eigenvalue weighted by atomic mass is 9.98. The number of nitrogens with one attached hydrogen (secondary N) is 2. The number of aliphatic hydroxyl groups excluding tert-OH is 1. The molecule has 1 atom stereocenters. The predicted octanol–water partition coefficient (Wildman–Crippen LogP) is 2.54. The Hall–Kier alpha value is -2.42. The number of nitrogens with zero attached hydrogens (tertiary/aromatic N) is 1. The summed E-state index contributed by atoms with van der Waals surface area (Å²) in [6, 6.07) is 5.47. The van der Waals surface area contributed by atoms with Crippen molar-refractivity contribution in [2.75, 3.05) is 19.7 Å². The van der Waals surface area contributed by atoms with Gasteiger partial charge in [-0.2, -0.15) is 0 Å². The number of hydrogen-bond acceptors (Lipinski definition) is 7. The lowest BCUT2D eigenvalue weighted by Crippen LogP contribution is -2.53. The predicted molar refractivity (Wildman–Crippen MR) is 107 cm³/mol. The molecule has 1 fully saturated rings. The van der Waals surface area contributed by atoms with E-state index in [0.717, 1.165) is 17.1 Å². The monoisotopic (exact) mass is 401 g/mol. The second kappa shape index (κ2) is 7.54. The molecule has 0 bridgehead atoms. The van der Waals surface area contributed by atoms with E-state index in [9.17, 15) is 9.90 Å². The summed E-state index contributed by atoms with van der Waals surface area (Å²) < 4.78 is 11.7. The molecule has 1 unspecified atom stereocenters. The normalized spacial score (nSPS) is 19.2. The molecule has 4 rings (SSSR count). The molecular weight excluding hydrogens is 378 g/mol. The summed E-state index contributed by atoms with van der Waals surface area (Å²) in [4.78, 5) is 18.3. The fraction of sp³-hybridized carbons (Fsp3) is 0.400. The van der Waals surface area contributed by atoms with Crippen molar-refractivity contribution in [2.45, 2.75) is 32.4 Å². The topological polar surface area (TPSA) is 96.6 Å². The van der Waals surface area contributed by atoms with Crippen molar-refractivity contribution in [3.8, 4) is 5.75 Å². The van der Waals surface area contributed by atoms with Crippen LogP contribution < -0.4 is 15.4 Å². The van der Waals surface area contributed by atoms with Crippen LogP contribution in [0.3, 0.4) is 0 Å². The second-order valence-electron chi connectivity index (χ2n) is 7.16. The lowest BCUT2D eigenvalue weighted by Gasteiger charge is -2.27. The van der Waals surface area contributed by atoms with Gasteiger partial charge in [0.25, 0.3) is 5.91 Å². The molecule has 1 aliphatic rings. The standard InChI is InChI=1S/C20H23N3O4S/c1-12-17(28-11-22-12)8-26-14-3-4-16-15(7-14)18(13(2)27-16)19(25)23-20(10-24)5-6-21-9-20/h3-4,7,11,21,24H,5-6,8-10H2,1-2H3,(H,23,25). The van der Waals surface area contributed by atoms with Gasteiger partial charge in [-0.15, -0.1) is 11.3 Å². The van der Waals surface area contributed by atoms with Gasteiger partial charge >= 0.3 is 0 Å². The van der Waals surface area contributed by atoms with Gasteiger partial charge in [0.05, 0.1) is 33.8 Å². The van der Waals surface area contributed by atoms with E-state index in [2.05, 4.69) is 15.6 Å². The van der Waals surface area contributed by atoms with Crippen molar-refractivity contribution in [3.05, 3.63) is 45.6 Å². The van der Waals surface area contributed by atoms with Gasteiger partial charge in [0, 0.05) is 11.9 Å². The number of carbonyl (C=O) groups excluding carboxylic acids is 1. The average molecular weight is 401 g/mol. The van der Waals surface area contributed by atoms with E-state index in [1.165, 1.54) is 0 Å². The molecular formula is C20H23N3O4S. The maximum Gasteiger partial charge on any atom is 0.256 e. The van der Waals surface area contributed by atoms with Gasteiger partial charge in [-0.3, -0.25) is 4.79 Å².